The van der Waals surface area contributed by atoms with E-state index in [4.69, 9.17) is 4.74 Å². The second-order valence-corrected chi connectivity index (χ2v) is 6.53. The monoisotopic (exact) mass is 274 g/mol. The number of ether oxygens (including phenoxy) is 1. The highest BCUT2D eigenvalue weighted by Gasteiger charge is 2.36. The maximum absolute atomic E-state index is 6.15. The van der Waals surface area contributed by atoms with E-state index in [0.29, 0.717) is 23.9 Å². The second kappa shape index (κ2) is 7.83. The van der Waals surface area contributed by atoms with E-state index in [9.17, 15) is 0 Å². The van der Waals surface area contributed by atoms with E-state index in [2.05, 4.69) is 51.1 Å². The van der Waals surface area contributed by atoms with Crippen molar-refractivity contribution in [3.05, 3.63) is 35.9 Å². The van der Waals surface area contributed by atoms with Crippen LogP contribution in [0.4, 0.5) is 0 Å². The molecule has 1 nitrogen and oxygen atoms in total. The lowest BCUT2D eigenvalue weighted by Crippen LogP contribution is -2.38. The number of rotatable bonds is 6. The first kappa shape index (κ1) is 15.6. The summed E-state index contributed by atoms with van der Waals surface area (Å²) in [6.07, 6.45) is 6.81. The fraction of sp³-hybridized carbons (Fsp3) is 0.684. The predicted octanol–water partition coefficient (Wildman–Crippen LogP) is 5.41. The van der Waals surface area contributed by atoms with E-state index in [0.717, 1.165) is 6.61 Å². The van der Waals surface area contributed by atoms with E-state index in [-0.39, 0.29) is 0 Å². The van der Waals surface area contributed by atoms with Crippen LogP contribution < -0.4 is 0 Å². The van der Waals surface area contributed by atoms with Gasteiger partial charge < -0.3 is 4.74 Å². The molecule has 1 aromatic carbocycles. The molecular weight excluding hydrogens is 244 g/mol. The van der Waals surface area contributed by atoms with Crippen LogP contribution in [0.3, 0.4) is 0 Å². The second-order valence-electron chi connectivity index (χ2n) is 6.53. The minimum absolute atomic E-state index is 0.459. The molecule has 2 rings (SSSR count). The molecule has 1 aliphatic rings. The molecule has 1 saturated heterocycles. The molecule has 0 aliphatic carbocycles. The Morgan fingerprint density at radius 1 is 1.15 bits per heavy atom. The summed E-state index contributed by atoms with van der Waals surface area (Å²) >= 11 is 0. The molecule has 0 bridgehead atoms. The summed E-state index contributed by atoms with van der Waals surface area (Å²) in [4.78, 5) is 0. The fourth-order valence-electron chi connectivity index (χ4n) is 3.76. The molecular formula is C19H30O. The Labute approximate surface area is 124 Å². The molecule has 0 amide bonds. The SMILES string of the molecule is CCCCC[C@@H]1OCC[C@@H](c2ccccc2)[C@H]1C(C)C. The van der Waals surface area contributed by atoms with Crippen LogP contribution in [0.25, 0.3) is 0 Å². The minimum Gasteiger partial charge on any atom is -0.378 e. The lowest BCUT2D eigenvalue weighted by atomic mass is 9.72. The Hall–Kier alpha value is -0.820. The molecule has 3 atom stereocenters. The van der Waals surface area contributed by atoms with E-state index in [1.54, 1.807) is 0 Å². The van der Waals surface area contributed by atoms with Gasteiger partial charge in [-0.3, -0.25) is 0 Å². The van der Waals surface area contributed by atoms with Gasteiger partial charge in [-0.1, -0.05) is 70.4 Å². The van der Waals surface area contributed by atoms with Gasteiger partial charge in [-0.2, -0.15) is 0 Å². The Balaban J connectivity index is 2.10. The summed E-state index contributed by atoms with van der Waals surface area (Å²) in [7, 11) is 0. The van der Waals surface area contributed by atoms with Gasteiger partial charge in [0.05, 0.1) is 6.10 Å². The summed E-state index contributed by atoms with van der Waals surface area (Å²) in [6.45, 7) is 7.93. The van der Waals surface area contributed by atoms with Gasteiger partial charge in [0.25, 0.3) is 0 Å². The van der Waals surface area contributed by atoms with E-state index < -0.39 is 0 Å². The summed E-state index contributed by atoms with van der Waals surface area (Å²) in [5.41, 5.74) is 1.51. The van der Waals surface area contributed by atoms with Gasteiger partial charge in [-0.15, -0.1) is 0 Å². The number of hydrogen-bond acceptors (Lipinski definition) is 1. The third-order valence-electron chi connectivity index (χ3n) is 4.74. The summed E-state index contributed by atoms with van der Waals surface area (Å²) < 4.78 is 6.15. The minimum atomic E-state index is 0.459. The molecule has 1 aromatic rings. The first-order valence-electron chi connectivity index (χ1n) is 8.40. The van der Waals surface area contributed by atoms with Gasteiger partial charge in [0.15, 0.2) is 0 Å². The van der Waals surface area contributed by atoms with Crippen LogP contribution in [-0.2, 0) is 4.74 Å². The first-order chi connectivity index (χ1) is 9.74. The maximum atomic E-state index is 6.15. The van der Waals surface area contributed by atoms with E-state index in [1.165, 1.54) is 37.7 Å². The van der Waals surface area contributed by atoms with Crippen LogP contribution in [0.2, 0.25) is 0 Å². The molecule has 0 spiro atoms. The molecule has 1 fully saturated rings. The smallest absolute Gasteiger partial charge is 0.0611 e. The standard InChI is InChI=1S/C19H30O/c1-4-5-7-12-18-19(15(2)3)17(13-14-20-18)16-10-8-6-9-11-16/h6,8-11,15,17-19H,4-5,7,12-14H2,1-3H3/t17-,18-,19+/m0/s1. The van der Waals surface area contributed by atoms with Crippen molar-refractivity contribution in [1.82, 2.24) is 0 Å². The molecule has 1 heteroatoms. The zero-order valence-corrected chi connectivity index (χ0v) is 13.3. The van der Waals surface area contributed by atoms with Crippen molar-refractivity contribution in [1.29, 1.82) is 0 Å². The highest BCUT2D eigenvalue weighted by atomic mass is 16.5. The first-order valence-corrected chi connectivity index (χ1v) is 8.40. The Kier molecular flexibility index (Phi) is 6.09. The van der Waals surface area contributed by atoms with Crippen molar-refractivity contribution in [2.75, 3.05) is 6.61 Å². The Morgan fingerprint density at radius 2 is 1.90 bits per heavy atom. The summed E-state index contributed by atoms with van der Waals surface area (Å²) in [6, 6.07) is 11.1. The molecule has 112 valence electrons. The van der Waals surface area contributed by atoms with Crippen molar-refractivity contribution >= 4 is 0 Å². The Morgan fingerprint density at radius 3 is 2.55 bits per heavy atom. The normalized spacial score (nSPS) is 26.9. The van der Waals surface area contributed by atoms with Crippen molar-refractivity contribution in [3.8, 4) is 0 Å². The number of unbranched alkanes of at least 4 members (excludes halogenated alkanes) is 2. The van der Waals surface area contributed by atoms with Crippen LogP contribution in [-0.4, -0.2) is 12.7 Å². The van der Waals surface area contributed by atoms with E-state index in [1.807, 2.05) is 0 Å². The van der Waals surface area contributed by atoms with Gasteiger partial charge in [-0.25, -0.2) is 0 Å². The molecule has 0 unspecified atom stereocenters. The highest BCUT2D eigenvalue weighted by Crippen LogP contribution is 2.41. The summed E-state index contributed by atoms with van der Waals surface area (Å²) in [5, 5.41) is 0. The maximum Gasteiger partial charge on any atom is 0.0611 e. The van der Waals surface area contributed by atoms with Crippen molar-refractivity contribution in [2.45, 2.75) is 64.9 Å². The molecule has 0 saturated carbocycles. The van der Waals surface area contributed by atoms with Crippen LogP contribution in [0.5, 0.6) is 0 Å². The van der Waals surface area contributed by atoms with Gasteiger partial charge in [0.1, 0.15) is 0 Å². The molecule has 1 heterocycles. The molecule has 1 aliphatic heterocycles. The fourth-order valence-corrected chi connectivity index (χ4v) is 3.76. The number of benzene rings is 1. The zero-order chi connectivity index (χ0) is 14.4. The van der Waals surface area contributed by atoms with Gasteiger partial charge in [0.2, 0.25) is 0 Å². The third-order valence-corrected chi connectivity index (χ3v) is 4.74. The molecule has 0 N–H and O–H groups in total. The largest absolute Gasteiger partial charge is 0.378 e. The van der Waals surface area contributed by atoms with Crippen molar-refractivity contribution < 1.29 is 4.74 Å². The molecule has 20 heavy (non-hydrogen) atoms. The predicted molar refractivity (Wildman–Crippen MR) is 86.0 cm³/mol. The molecule has 0 radical (unpaired) electrons. The average molecular weight is 274 g/mol. The van der Waals surface area contributed by atoms with Crippen LogP contribution in [0.15, 0.2) is 30.3 Å². The zero-order valence-electron chi connectivity index (χ0n) is 13.3. The summed E-state index contributed by atoms with van der Waals surface area (Å²) in [5.74, 6) is 2.03. The molecule has 0 aromatic heterocycles. The topological polar surface area (TPSA) is 9.23 Å². The van der Waals surface area contributed by atoms with Crippen molar-refractivity contribution in [3.63, 3.8) is 0 Å². The van der Waals surface area contributed by atoms with Crippen LogP contribution in [0.1, 0.15) is 64.4 Å². The number of hydrogen-bond donors (Lipinski definition) is 0. The Bertz CT molecular complexity index is 371. The quantitative estimate of drug-likeness (QED) is 0.630. The van der Waals surface area contributed by atoms with Gasteiger partial charge in [0, 0.05) is 6.61 Å². The highest BCUT2D eigenvalue weighted by molar-refractivity contribution is 5.21. The van der Waals surface area contributed by atoms with E-state index >= 15 is 0 Å². The lowest BCUT2D eigenvalue weighted by Gasteiger charge is -2.41. The van der Waals surface area contributed by atoms with Crippen molar-refractivity contribution in [2.24, 2.45) is 11.8 Å². The third kappa shape index (κ3) is 3.85. The van der Waals surface area contributed by atoms with Crippen LogP contribution >= 0.6 is 0 Å². The van der Waals surface area contributed by atoms with Crippen LogP contribution in [0, 0.1) is 11.8 Å². The lowest BCUT2D eigenvalue weighted by molar-refractivity contribution is -0.0588. The van der Waals surface area contributed by atoms with Gasteiger partial charge >= 0.3 is 0 Å². The van der Waals surface area contributed by atoms with Gasteiger partial charge in [-0.05, 0) is 36.2 Å². The average Bonchev–Trinajstić information content (AvgIpc) is 2.48.